The van der Waals surface area contributed by atoms with Crippen LogP contribution in [0.15, 0.2) is 296 Å². The zero-order valence-corrected chi connectivity index (χ0v) is 73.0. The van der Waals surface area contributed by atoms with E-state index in [-0.39, 0.29) is 38.1 Å². The molecule has 18 aromatic rings. The summed E-state index contributed by atoms with van der Waals surface area (Å²) >= 11 is 0. The monoisotopic (exact) mass is 1570 g/mol. The predicted molar refractivity (Wildman–Crippen MR) is 520 cm³/mol. The maximum atomic E-state index is 10.3. The Morgan fingerprint density at radius 1 is 0.256 bits per heavy atom. The first-order chi connectivity index (χ1) is 58.9. The highest BCUT2D eigenvalue weighted by Crippen LogP contribution is 2.57. The van der Waals surface area contributed by atoms with Crippen LogP contribution in [-0.4, -0.2) is 15.8 Å². The van der Waals surface area contributed by atoms with E-state index in [4.69, 9.17) is 4.42 Å². The number of hydrogen-bond acceptors (Lipinski definition) is 3. The molecule has 0 unspecified atom stereocenters. The molecule has 5 nitrogen and oxygen atoms in total. The number of benzene rings is 15. The van der Waals surface area contributed by atoms with Gasteiger partial charge in [-0.2, -0.15) is 0 Å². The number of aromatic nitrogens is 2. The van der Waals surface area contributed by atoms with Gasteiger partial charge in [0.1, 0.15) is 11.2 Å². The van der Waals surface area contributed by atoms with Gasteiger partial charge in [0.25, 0.3) is 6.71 Å². The summed E-state index contributed by atoms with van der Waals surface area (Å²) < 4.78 is 42.6. The number of aryl methyl sites for hydroxylation is 1. The van der Waals surface area contributed by atoms with Gasteiger partial charge < -0.3 is 23.4 Å². The second-order valence-corrected chi connectivity index (χ2v) is 40.9. The van der Waals surface area contributed by atoms with Crippen molar-refractivity contribution in [2.24, 2.45) is 0 Å². The van der Waals surface area contributed by atoms with Crippen molar-refractivity contribution in [1.29, 1.82) is 0 Å². The number of nitrogens with zero attached hydrogens (tertiary/aromatic N) is 4. The molecule has 6 heteroatoms. The van der Waals surface area contributed by atoms with Gasteiger partial charge in [-0.3, -0.25) is 0 Å². The number of anilines is 6. The molecular weight excluding hydrogens is 1460 g/mol. The van der Waals surface area contributed by atoms with E-state index >= 15 is 0 Å². The highest BCUT2D eigenvalue weighted by Gasteiger charge is 2.47. The van der Waals surface area contributed by atoms with Gasteiger partial charge in [-0.15, -0.1) is 0 Å². The fraction of sp³-hybridized carbons (Fsp3) is 0.217. The first-order valence-electron chi connectivity index (χ1n) is 44.8. The SMILES string of the molecule is [2H]C([2H])([2H])c1cc2c3c(c1)N1c4cc(-n5c6ccc(C(C)(C)C)cc6c6cc(C(C)(C)C)ccc65)ccc4B3c3ccc(-n4c5ccc(C(C)(C)C)cc5c5cc(C(C)(C)C)ccc54)cc3N2c2c(-c3ccccc3)cc(C(C)(C)C)cc2-c2cccc(c2)-c2ccc3oc4ccc(cc4c3c2)-c2cccc(c2)-c2cc(C(C)(C)C)cc(-c3ccccc3)c21. The van der Waals surface area contributed by atoms with Crippen molar-refractivity contribution in [2.45, 2.75) is 164 Å². The summed E-state index contributed by atoms with van der Waals surface area (Å²) in [4.78, 5) is 5.07. The quantitative estimate of drug-likeness (QED) is 0.165. The first-order valence-corrected chi connectivity index (χ1v) is 43.3. The summed E-state index contributed by atoms with van der Waals surface area (Å²) in [5.74, 6) is 0. The Hall–Kier alpha value is -12.6. The molecule has 0 saturated heterocycles. The molecule has 0 atom stereocenters. The molecule has 6 heterocycles. The van der Waals surface area contributed by atoms with E-state index in [1.54, 1.807) is 0 Å². The molecule has 3 aromatic heterocycles. The highest BCUT2D eigenvalue weighted by molar-refractivity contribution is 7.00. The van der Waals surface area contributed by atoms with E-state index in [2.05, 4.69) is 435 Å². The summed E-state index contributed by atoms with van der Waals surface area (Å²) in [5.41, 5.74) is 35.2. The fourth-order valence-electron chi connectivity index (χ4n) is 19.8. The maximum Gasteiger partial charge on any atom is 0.252 e. The van der Waals surface area contributed by atoms with Crippen LogP contribution in [0.2, 0.25) is 0 Å². The van der Waals surface area contributed by atoms with Gasteiger partial charge in [-0.1, -0.05) is 270 Å². The van der Waals surface area contributed by atoms with E-state index in [0.29, 0.717) is 0 Å². The minimum absolute atomic E-state index is 0.124. The van der Waals surface area contributed by atoms with E-state index < -0.39 is 13.6 Å². The van der Waals surface area contributed by atoms with Gasteiger partial charge in [-0.25, -0.2) is 0 Å². The Labute approximate surface area is 717 Å². The normalized spacial score (nSPS) is 14.0. The van der Waals surface area contributed by atoms with Crippen molar-refractivity contribution in [3.05, 3.63) is 330 Å². The Morgan fingerprint density at radius 3 is 0.917 bits per heavy atom. The van der Waals surface area contributed by atoms with Crippen molar-refractivity contribution in [1.82, 2.24) is 9.13 Å². The lowest BCUT2D eigenvalue weighted by atomic mass is 9.33. The average Bonchev–Trinajstić information content (AvgIpc) is 0.957. The Morgan fingerprint density at radius 2 is 0.579 bits per heavy atom. The maximum absolute atomic E-state index is 10.3. The summed E-state index contributed by atoms with van der Waals surface area (Å²) in [6.45, 7) is 38.5. The molecule has 3 aliphatic heterocycles. The van der Waals surface area contributed by atoms with Crippen molar-refractivity contribution in [2.75, 3.05) is 9.80 Å². The van der Waals surface area contributed by atoms with Crippen molar-refractivity contribution < 1.29 is 8.53 Å². The number of hydrogen-bond donors (Lipinski definition) is 0. The highest BCUT2D eigenvalue weighted by atomic mass is 16.3. The fourth-order valence-corrected chi connectivity index (χ4v) is 19.8. The van der Waals surface area contributed by atoms with Crippen LogP contribution >= 0.6 is 0 Å². The molecule has 0 saturated carbocycles. The van der Waals surface area contributed by atoms with Crippen LogP contribution in [0.1, 0.15) is 168 Å². The third-order valence-electron chi connectivity index (χ3n) is 26.6. The number of rotatable bonds is 4. The minimum atomic E-state index is -2.64. The summed E-state index contributed by atoms with van der Waals surface area (Å²) in [7, 11) is 0. The van der Waals surface area contributed by atoms with Gasteiger partial charge in [0.2, 0.25) is 0 Å². The molecule has 0 spiro atoms. The summed E-state index contributed by atoms with van der Waals surface area (Å²) in [6, 6.07) is 110. The van der Waals surface area contributed by atoms with E-state index in [0.717, 1.165) is 184 Å². The third kappa shape index (κ3) is 12.3. The molecule has 13 bridgehead atoms. The van der Waals surface area contributed by atoms with Gasteiger partial charge >= 0.3 is 0 Å². The lowest BCUT2D eigenvalue weighted by Crippen LogP contribution is -2.61. The molecule has 0 radical (unpaired) electrons. The van der Waals surface area contributed by atoms with E-state index in [9.17, 15) is 4.11 Å². The number of fused-ring (bicyclic) bond motifs is 26. The molecule has 15 aromatic carbocycles. The van der Waals surface area contributed by atoms with Gasteiger partial charge in [0, 0.05) is 92.8 Å². The molecule has 0 N–H and O–H groups in total. The predicted octanol–water partition coefficient (Wildman–Crippen LogP) is 30.3. The van der Waals surface area contributed by atoms with E-state index in [1.807, 2.05) is 0 Å². The molecule has 0 amide bonds. The number of furan rings is 1. The Kier molecular flexibility index (Phi) is 16.0. The molecule has 3 aliphatic rings. The van der Waals surface area contributed by atoms with Crippen LogP contribution in [0.25, 0.3) is 144 Å². The zero-order chi connectivity index (χ0) is 86.3. The van der Waals surface area contributed by atoms with E-state index in [1.165, 1.54) is 43.8 Å². The molecule has 21 rings (SSSR count). The Bertz CT molecular complexity index is 6960. The van der Waals surface area contributed by atoms with Crippen LogP contribution in [0.5, 0.6) is 0 Å². The van der Waals surface area contributed by atoms with Crippen LogP contribution in [-0.2, 0) is 32.5 Å². The van der Waals surface area contributed by atoms with Crippen LogP contribution in [0, 0.1) is 6.85 Å². The third-order valence-corrected chi connectivity index (χ3v) is 26.6. The zero-order valence-electron chi connectivity index (χ0n) is 76.0. The largest absolute Gasteiger partial charge is 0.456 e. The lowest BCUT2D eigenvalue weighted by Gasteiger charge is -2.46. The van der Waals surface area contributed by atoms with Gasteiger partial charge in [0.05, 0.1) is 33.4 Å². The van der Waals surface area contributed by atoms with Crippen molar-refractivity contribution in [3.63, 3.8) is 0 Å². The van der Waals surface area contributed by atoms with Crippen LogP contribution in [0.3, 0.4) is 0 Å². The van der Waals surface area contributed by atoms with Crippen molar-refractivity contribution in [3.8, 4) is 78.1 Å². The van der Waals surface area contributed by atoms with Gasteiger partial charge in [-0.05, 0) is 285 Å². The Balaban J connectivity index is 0.975. The average molecular weight is 1570 g/mol. The minimum Gasteiger partial charge on any atom is -0.456 e. The second kappa shape index (κ2) is 26.7. The van der Waals surface area contributed by atoms with Crippen molar-refractivity contribution >= 4 is 123 Å². The smallest absolute Gasteiger partial charge is 0.252 e. The molecule has 121 heavy (non-hydrogen) atoms. The second-order valence-electron chi connectivity index (χ2n) is 40.9. The molecule has 0 aliphatic carbocycles. The topological polar surface area (TPSA) is 29.5 Å². The summed E-state index contributed by atoms with van der Waals surface area (Å²) in [5, 5.41) is 6.85. The standard InChI is InChI=1S/C115H105BN4O/c1-68-52-103-107-104(53-68)120-102-67-84(118-99-48-40-79(112(8,9)10)60-91(99)92-61-80(113(11,12)13)41-49-100(92)118)43-45-96(102)116(107)95-44-42-83(117-97-46-38-77(110(2,3)4)58-89(97)90-59-78(111(5,6)7)39-47-98(90)117)66-101(95)119(103)108-85(69-28-22-20-23-29-69)62-81(114(14,15)16)64-87(108)75-34-26-32-71(54-75)73-36-50-105-93(56-73)94-57-74(37-51-106(94)121-105)72-33-27-35-76(55-72)88-65-82(115(17,18)19)63-86(109(88)120)70-30-24-21-25-31-70/h20-67H,1-19H3/i1D3. The molecule has 594 valence electrons. The van der Waals surface area contributed by atoms with Gasteiger partial charge in [0.15, 0.2) is 0 Å². The summed E-state index contributed by atoms with van der Waals surface area (Å²) in [6.07, 6.45) is 0. The first kappa shape index (κ1) is 72.4. The molecular formula is C115H105BN4O. The molecule has 0 fully saturated rings. The lowest BCUT2D eigenvalue weighted by molar-refractivity contribution is 0.590. The van der Waals surface area contributed by atoms with Crippen LogP contribution < -0.4 is 26.2 Å². The van der Waals surface area contributed by atoms with Crippen LogP contribution in [0.4, 0.5) is 34.1 Å².